The molecule has 1 fully saturated rings. The van der Waals surface area contributed by atoms with Gasteiger partial charge in [0.15, 0.2) is 11.5 Å². The molecule has 8 nitrogen and oxygen atoms in total. The predicted molar refractivity (Wildman–Crippen MR) is 180 cm³/mol. The zero-order valence-electron chi connectivity index (χ0n) is 26.8. The minimum absolute atomic E-state index is 0.0127. The standard InChI is InChI=1S/C35H37ClF2N6O2/c1-9-23-11-10-12-27(38)28(23)30-26(36)15-25-32(40-30)44(31-24(18(2)3)13-14-39-29(31)19(4)5)35(46)41-33(25)43-20(6)16-42(17-21(43)7)34(45)22(8)37/h9-15,18-21H,1,8,16-17H2,2-7H3/t20-,21-/m0/s1. The fourth-order valence-electron chi connectivity index (χ4n) is 6.34. The molecule has 0 unspecified atom stereocenters. The summed E-state index contributed by atoms with van der Waals surface area (Å²) >= 11 is 6.91. The van der Waals surface area contributed by atoms with Crippen molar-refractivity contribution in [3.63, 3.8) is 0 Å². The van der Waals surface area contributed by atoms with Gasteiger partial charge in [-0.1, -0.05) is 70.7 Å². The first kappa shape index (κ1) is 32.9. The number of benzene rings is 1. The van der Waals surface area contributed by atoms with E-state index >= 15 is 4.39 Å². The van der Waals surface area contributed by atoms with E-state index in [4.69, 9.17) is 16.6 Å². The lowest BCUT2D eigenvalue weighted by Crippen LogP contribution is -2.59. The van der Waals surface area contributed by atoms with Gasteiger partial charge in [0.1, 0.15) is 11.6 Å². The Morgan fingerprint density at radius 2 is 1.76 bits per heavy atom. The maximum absolute atomic E-state index is 15.5. The molecule has 0 N–H and O–H groups in total. The number of carbonyl (C=O) groups excluding carboxylic acids is 1. The highest BCUT2D eigenvalue weighted by atomic mass is 35.5. The summed E-state index contributed by atoms with van der Waals surface area (Å²) in [6.45, 7) is 19.1. The Hall–Kier alpha value is -4.44. The summed E-state index contributed by atoms with van der Waals surface area (Å²) in [5.41, 5.74) is 2.52. The molecule has 240 valence electrons. The summed E-state index contributed by atoms with van der Waals surface area (Å²) in [6.07, 6.45) is 3.25. The van der Waals surface area contributed by atoms with Crippen molar-refractivity contribution in [3.05, 3.63) is 93.7 Å². The number of aromatic nitrogens is 4. The number of pyridine rings is 2. The van der Waals surface area contributed by atoms with Crippen molar-refractivity contribution in [2.45, 2.75) is 65.5 Å². The van der Waals surface area contributed by atoms with Gasteiger partial charge in [-0.05, 0) is 55.0 Å². The van der Waals surface area contributed by atoms with Crippen LogP contribution in [0.3, 0.4) is 0 Å². The predicted octanol–water partition coefficient (Wildman–Crippen LogP) is 7.43. The van der Waals surface area contributed by atoms with E-state index in [0.29, 0.717) is 28.1 Å². The van der Waals surface area contributed by atoms with Crippen LogP contribution in [0.25, 0.3) is 34.1 Å². The van der Waals surface area contributed by atoms with E-state index in [2.05, 4.69) is 23.1 Å². The summed E-state index contributed by atoms with van der Waals surface area (Å²) in [6, 6.07) is 7.40. The van der Waals surface area contributed by atoms with Crippen LogP contribution in [0.15, 0.2) is 60.3 Å². The lowest BCUT2D eigenvalue weighted by Gasteiger charge is -2.45. The molecule has 0 saturated carbocycles. The van der Waals surface area contributed by atoms with Crippen LogP contribution >= 0.6 is 11.6 Å². The van der Waals surface area contributed by atoms with Gasteiger partial charge in [-0.25, -0.2) is 23.1 Å². The molecule has 0 aliphatic carbocycles. The Labute approximate surface area is 272 Å². The normalized spacial score (nSPS) is 16.8. The molecule has 1 aromatic carbocycles. The fourth-order valence-corrected chi connectivity index (χ4v) is 6.58. The number of carbonyl (C=O) groups is 1. The number of rotatable bonds is 7. The van der Waals surface area contributed by atoms with Gasteiger partial charge >= 0.3 is 5.69 Å². The van der Waals surface area contributed by atoms with Crippen LogP contribution in [0.5, 0.6) is 0 Å². The van der Waals surface area contributed by atoms with Gasteiger partial charge in [0.2, 0.25) is 0 Å². The van der Waals surface area contributed by atoms with Crippen LogP contribution in [-0.4, -0.2) is 55.5 Å². The highest BCUT2D eigenvalue weighted by molar-refractivity contribution is 6.34. The molecule has 46 heavy (non-hydrogen) atoms. The topological polar surface area (TPSA) is 84.2 Å². The van der Waals surface area contributed by atoms with Crippen molar-refractivity contribution in [1.29, 1.82) is 0 Å². The number of piperazine rings is 1. The number of hydrogen-bond donors (Lipinski definition) is 0. The third kappa shape index (κ3) is 5.70. The number of fused-ring (bicyclic) bond motifs is 1. The smallest absolute Gasteiger partial charge is 0.347 e. The van der Waals surface area contributed by atoms with Gasteiger partial charge < -0.3 is 9.80 Å². The number of nitrogens with zero attached hydrogens (tertiary/aromatic N) is 6. The molecule has 0 radical (unpaired) electrons. The first-order chi connectivity index (χ1) is 21.8. The van der Waals surface area contributed by atoms with E-state index in [1.165, 1.54) is 21.6 Å². The van der Waals surface area contributed by atoms with Crippen molar-refractivity contribution < 1.29 is 13.6 Å². The number of anilines is 1. The summed E-state index contributed by atoms with van der Waals surface area (Å²) in [4.78, 5) is 44.4. The average Bonchev–Trinajstić information content (AvgIpc) is 2.99. The Balaban J connectivity index is 1.88. The Morgan fingerprint density at radius 3 is 2.35 bits per heavy atom. The minimum Gasteiger partial charge on any atom is -0.347 e. The molecular formula is C35H37ClF2N6O2. The largest absolute Gasteiger partial charge is 0.355 e. The fraction of sp³-hybridized carbons (Fsp3) is 0.343. The first-order valence-corrected chi connectivity index (χ1v) is 15.6. The number of amides is 1. The Kier molecular flexibility index (Phi) is 9.13. The molecule has 2 atom stereocenters. The second-order valence-electron chi connectivity index (χ2n) is 12.3. The van der Waals surface area contributed by atoms with Crippen molar-refractivity contribution in [2.24, 2.45) is 0 Å². The summed E-state index contributed by atoms with van der Waals surface area (Å²) < 4.78 is 30.7. The van der Waals surface area contributed by atoms with Crippen LogP contribution in [0, 0.1) is 5.82 Å². The maximum atomic E-state index is 15.5. The van der Waals surface area contributed by atoms with E-state index in [0.717, 1.165) is 5.56 Å². The van der Waals surface area contributed by atoms with Gasteiger partial charge in [0.05, 0.1) is 27.5 Å². The molecule has 1 amide bonds. The van der Waals surface area contributed by atoms with Gasteiger partial charge in [-0.15, -0.1) is 0 Å². The SMILES string of the molecule is C=Cc1cccc(F)c1-c1nc2c(cc1Cl)c(N1[C@@H](C)CN(C(=O)C(=C)F)C[C@@H]1C)nc(=O)n2-c1c(C(C)C)ccnc1C(C)C. The van der Waals surface area contributed by atoms with Crippen LogP contribution < -0.4 is 10.6 Å². The Bertz CT molecular complexity index is 1900. The lowest BCUT2D eigenvalue weighted by atomic mass is 9.97. The first-order valence-electron chi connectivity index (χ1n) is 15.2. The molecule has 0 bridgehead atoms. The maximum Gasteiger partial charge on any atom is 0.355 e. The van der Waals surface area contributed by atoms with Crippen molar-refractivity contribution >= 4 is 40.4 Å². The molecule has 1 aliphatic rings. The number of halogens is 3. The van der Waals surface area contributed by atoms with E-state index < -0.39 is 23.2 Å². The molecule has 5 rings (SSSR count). The van der Waals surface area contributed by atoms with E-state index in [9.17, 15) is 14.0 Å². The minimum atomic E-state index is -1.03. The van der Waals surface area contributed by atoms with Crippen LogP contribution in [0.1, 0.15) is 70.2 Å². The highest BCUT2D eigenvalue weighted by Crippen LogP contribution is 2.39. The van der Waals surface area contributed by atoms with Gasteiger partial charge in [-0.3, -0.25) is 9.78 Å². The van der Waals surface area contributed by atoms with Gasteiger partial charge in [0, 0.05) is 36.9 Å². The summed E-state index contributed by atoms with van der Waals surface area (Å²) in [5.74, 6) is -2.09. The van der Waals surface area contributed by atoms with Crippen molar-refractivity contribution in [2.75, 3.05) is 18.0 Å². The number of hydrogen-bond acceptors (Lipinski definition) is 6. The highest BCUT2D eigenvalue weighted by Gasteiger charge is 2.36. The zero-order chi connectivity index (χ0) is 33.6. The van der Waals surface area contributed by atoms with Crippen LogP contribution in [0.2, 0.25) is 5.02 Å². The van der Waals surface area contributed by atoms with Crippen LogP contribution in [-0.2, 0) is 4.79 Å². The third-order valence-corrected chi connectivity index (χ3v) is 8.65. The molecule has 4 heterocycles. The molecule has 4 aromatic rings. The molecule has 11 heteroatoms. The van der Waals surface area contributed by atoms with Crippen LogP contribution in [0.4, 0.5) is 14.6 Å². The summed E-state index contributed by atoms with van der Waals surface area (Å²) in [7, 11) is 0. The van der Waals surface area contributed by atoms with Crippen molar-refractivity contribution in [3.8, 4) is 16.9 Å². The monoisotopic (exact) mass is 646 g/mol. The third-order valence-electron chi connectivity index (χ3n) is 8.36. The molecule has 3 aromatic heterocycles. The summed E-state index contributed by atoms with van der Waals surface area (Å²) in [5, 5.41) is 0.600. The zero-order valence-corrected chi connectivity index (χ0v) is 27.6. The van der Waals surface area contributed by atoms with E-state index in [1.807, 2.05) is 52.5 Å². The second-order valence-corrected chi connectivity index (χ2v) is 12.7. The van der Waals surface area contributed by atoms with Crippen molar-refractivity contribution in [1.82, 2.24) is 24.4 Å². The molecule has 1 saturated heterocycles. The van der Waals surface area contributed by atoms with E-state index in [1.54, 1.807) is 24.4 Å². The molecule has 1 aliphatic heterocycles. The van der Waals surface area contributed by atoms with Gasteiger partial charge in [0.25, 0.3) is 5.91 Å². The molecule has 0 spiro atoms. The van der Waals surface area contributed by atoms with E-state index in [-0.39, 0.29) is 58.9 Å². The Morgan fingerprint density at radius 1 is 1.09 bits per heavy atom. The lowest BCUT2D eigenvalue weighted by molar-refractivity contribution is -0.129. The molecular weight excluding hydrogens is 610 g/mol. The quantitative estimate of drug-likeness (QED) is 0.194. The van der Waals surface area contributed by atoms with Gasteiger partial charge in [-0.2, -0.15) is 4.98 Å². The second kappa shape index (κ2) is 12.7. The average molecular weight is 647 g/mol.